The van der Waals surface area contributed by atoms with Crippen molar-refractivity contribution in [3.63, 3.8) is 0 Å². The molecule has 0 aliphatic rings. The topological polar surface area (TPSA) is 78.9 Å². The number of nitrogens with one attached hydrogen (secondary N) is 1. The van der Waals surface area contributed by atoms with Crippen molar-refractivity contribution in [3.05, 3.63) is 21.9 Å². The summed E-state index contributed by atoms with van der Waals surface area (Å²) < 4.78 is 0.471. The van der Waals surface area contributed by atoms with Crippen LogP contribution in [0.1, 0.15) is 35.8 Å². The lowest BCUT2D eigenvalue weighted by Crippen LogP contribution is -2.00. The monoisotopic (exact) mass is 283 g/mol. The fraction of sp³-hybridized carbons (Fsp3) is 0.300. The highest BCUT2D eigenvalue weighted by Crippen LogP contribution is 2.27. The lowest BCUT2D eigenvalue weighted by molar-refractivity contribution is 0.0699. The van der Waals surface area contributed by atoms with Gasteiger partial charge in [-0.15, -0.1) is 0 Å². The third-order valence-electron chi connectivity index (χ3n) is 2.33. The number of fused-ring (bicyclic) bond motifs is 1. The van der Waals surface area contributed by atoms with Gasteiger partial charge >= 0.3 is 5.97 Å². The number of carboxylic acids is 1. The van der Waals surface area contributed by atoms with Crippen molar-refractivity contribution in [2.45, 2.75) is 19.8 Å². The second-order valence-corrected chi connectivity index (χ2v) is 4.60. The fourth-order valence-electron chi connectivity index (χ4n) is 1.60. The van der Waals surface area contributed by atoms with Crippen LogP contribution in [-0.4, -0.2) is 26.3 Å². The molecular formula is C10H10BrN3O2. The highest BCUT2D eigenvalue weighted by Gasteiger charge is 2.18. The van der Waals surface area contributed by atoms with E-state index in [1.807, 2.05) is 13.8 Å². The van der Waals surface area contributed by atoms with E-state index < -0.39 is 5.97 Å². The summed E-state index contributed by atoms with van der Waals surface area (Å²) >= 11 is 3.17. The SMILES string of the molecule is CC(C)c1[nH]nc2nc(Br)cc(C(=O)O)c12. The first kappa shape index (κ1) is 11.1. The van der Waals surface area contributed by atoms with Crippen LogP contribution in [0.15, 0.2) is 10.7 Å². The van der Waals surface area contributed by atoms with Crippen molar-refractivity contribution >= 4 is 32.9 Å². The number of halogens is 1. The maximum absolute atomic E-state index is 11.1. The van der Waals surface area contributed by atoms with Crippen molar-refractivity contribution in [2.75, 3.05) is 0 Å². The van der Waals surface area contributed by atoms with Crippen LogP contribution in [0.2, 0.25) is 0 Å². The summed E-state index contributed by atoms with van der Waals surface area (Å²) in [6.45, 7) is 3.95. The molecule has 0 spiro atoms. The quantitative estimate of drug-likeness (QED) is 0.830. The zero-order valence-electron chi connectivity index (χ0n) is 8.78. The fourth-order valence-corrected chi connectivity index (χ4v) is 2.00. The van der Waals surface area contributed by atoms with Crippen LogP contribution in [0.25, 0.3) is 11.0 Å². The predicted octanol–water partition coefficient (Wildman–Crippen LogP) is 2.54. The molecular weight excluding hydrogens is 274 g/mol. The molecule has 84 valence electrons. The second-order valence-electron chi connectivity index (χ2n) is 3.79. The van der Waals surface area contributed by atoms with Crippen molar-refractivity contribution < 1.29 is 9.90 Å². The van der Waals surface area contributed by atoms with Gasteiger partial charge in [0.05, 0.1) is 10.9 Å². The Kier molecular flexibility index (Phi) is 2.67. The molecule has 0 bridgehead atoms. The normalized spacial score (nSPS) is 11.2. The number of nitrogens with zero attached hydrogens (tertiary/aromatic N) is 2. The van der Waals surface area contributed by atoms with E-state index in [9.17, 15) is 4.79 Å². The summed E-state index contributed by atoms with van der Waals surface area (Å²) in [5.41, 5.74) is 1.44. The van der Waals surface area contributed by atoms with Crippen molar-refractivity contribution in [2.24, 2.45) is 0 Å². The Labute approximate surface area is 100 Å². The van der Waals surface area contributed by atoms with Crippen LogP contribution in [0.4, 0.5) is 0 Å². The van der Waals surface area contributed by atoms with E-state index >= 15 is 0 Å². The first-order chi connectivity index (χ1) is 7.50. The van der Waals surface area contributed by atoms with E-state index in [0.717, 1.165) is 5.69 Å². The Balaban J connectivity index is 2.84. The Morgan fingerprint density at radius 2 is 2.25 bits per heavy atom. The Morgan fingerprint density at radius 3 is 2.81 bits per heavy atom. The number of aromatic carboxylic acids is 1. The maximum atomic E-state index is 11.1. The van der Waals surface area contributed by atoms with Gasteiger partial charge in [0.2, 0.25) is 0 Å². The average Bonchev–Trinajstić information content (AvgIpc) is 2.59. The number of aromatic nitrogens is 3. The van der Waals surface area contributed by atoms with Gasteiger partial charge in [0, 0.05) is 5.69 Å². The third kappa shape index (κ3) is 1.69. The van der Waals surface area contributed by atoms with Crippen LogP contribution in [0, 0.1) is 0 Å². The first-order valence-electron chi connectivity index (χ1n) is 4.78. The van der Waals surface area contributed by atoms with E-state index in [4.69, 9.17) is 5.11 Å². The van der Waals surface area contributed by atoms with E-state index in [2.05, 4.69) is 31.1 Å². The lowest BCUT2D eigenvalue weighted by atomic mass is 10.0. The van der Waals surface area contributed by atoms with Gasteiger partial charge in [-0.05, 0) is 27.9 Å². The van der Waals surface area contributed by atoms with Crippen molar-refractivity contribution in [1.82, 2.24) is 15.2 Å². The first-order valence-corrected chi connectivity index (χ1v) is 5.57. The van der Waals surface area contributed by atoms with Crippen molar-refractivity contribution in [3.8, 4) is 0 Å². The molecule has 2 rings (SSSR count). The molecule has 0 aliphatic carbocycles. The standard InChI is InChI=1S/C10H10BrN3O2/c1-4(2)8-7-5(10(15)16)3-6(11)12-9(7)14-13-8/h3-4H,1-2H3,(H,15,16)(H,12,13,14). The van der Waals surface area contributed by atoms with E-state index in [-0.39, 0.29) is 11.5 Å². The molecule has 0 unspecified atom stereocenters. The number of aromatic amines is 1. The zero-order valence-corrected chi connectivity index (χ0v) is 10.4. The molecule has 0 saturated carbocycles. The minimum Gasteiger partial charge on any atom is -0.478 e. The minimum absolute atomic E-state index is 0.172. The minimum atomic E-state index is -0.976. The Morgan fingerprint density at radius 1 is 1.56 bits per heavy atom. The number of hydrogen-bond acceptors (Lipinski definition) is 3. The van der Waals surface area contributed by atoms with Gasteiger partial charge in [0.1, 0.15) is 4.60 Å². The van der Waals surface area contributed by atoms with Crippen LogP contribution in [-0.2, 0) is 0 Å². The molecule has 0 aromatic carbocycles. The summed E-state index contributed by atoms with van der Waals surface area (Å²) in [6, 6.07) is 1.49. The predicted molar refractivity (Wildman–Crippen MR) is 62.6 cm³/mol. The average molecular weight is 284 g/mol. The highest BCUT2D eigenvalue weighted by molar-refractivity contribution is 9.10. The van der Waals surface area contributed by atoms with Gasteiger partial charge in [-0.3, -0.25) is 5.10 Å². The van der Waals surface area contributed by atoms with Gasteiger partial charge in [-0.2, -0.15) is 5.10 Å². The zero-order chi connectivity index (χ0) is 11.9. The van der Waals surface area contributed by atoms with Gasteiger partial charge < -0.3 is 5.11 Å². The summed E-state index contributed by atoms with van der Waals surface area (Å²) in [7, 11) is 0. The second kappa shape index (κ2) is 3.86. The number of carbonyl (C=O) groups is 1. The van der Waals surface area contributed by atoms with E-state index in [1.165, 1.54) is 6.07 Å². The summed E-state index contributed by atoms with van der Waals surface area (Å²) in [5.74, 6) is -0.803. The van der Waals surface area contributed by atoms with Crippen molar-refractivity contribution in [1.29, 1.82) is 0 Å². The van der Waals surface area contributed by atoms with Crippen LogP contribution in [0.3, 0.4) is 0 Å². The molecule has 0 amide bonds. The Bertz CT molecular complexity index is 562. The van der Waals surface area contributed by atoms with Crippen LogP contribution >= 0.6 is 15.9 Å². The summed E-state index contributed by atoms with van der Waals surface area (Å²) in [5, 5.41) is 16.6. The number of carboxylic acid groups (broad SMARTS) is 1. The smallest absolute Gasteiger partial charge is 0.336 e. The van der Waals surface area contributed by atoms with Gasteiger partial charge in [-0.25, -0.2) is 9.78 Å². The molecule has 0 aliphatic heterocycles. The number of pyridine rings is 1. The van der Waals surface area contributed by atoms with Gasteiger partial charge in [-0.1, -0.05) is 13.8 Å². The molecule has 0 radical (unpaired) electrons. The Hall–Kier alpha value is -1.43. The van der Waals surface area contributed by atoms with Gasteiger partial charge in [0.25, 0.3) is 0 Å². The molecule has 5 nitrogen and oxygen atoms in total. The summed E-state index contributed by atoms with van der Waals surface area (Å²) in [4.78, 5) is 15.3. The molecule has 2 aromatic rings. The highest BCUT2D eigenvalue weighted by atomic mass is 79.9. The van der Waals surface area contributed by atoms with E-state index in [0.29, 0.717) is 15.6 Å². The number of rotatable bonds is 2. The number of hydrogen-bond donors (Lipinski definition) is 2. The maximum Gasteiger partial charge on any atom is 0.336 e. The molecule has 0 fully saturated rings. The lowest BCUT2D eigenvalue weighted by Gasteiger charge is -2.04. The largest absolute Gasteiger partial charge is 0.478 e. The van der Waals surface area contributed by atoms with E-state index in [1.54, 1.807) is 0 Å². The summed E-state index contributed by atoms with van der Waals surface area (Å²) in [6.07, 6.45) is 0. The molecule has 2 heterocycles. The molecule has 0 saturated heterocycles. The van der Waals surface area contributed by atoms with Gasteiger partial charge in [0.15, 0.2) is 5.65 Å². The molecule has 16 heavy (non-hydrogen) atoms. The molecule has 0 atom stereocenters. The third-order valence-corrected chi connectivity index (χ3v) is 2.73. The van der Waals surface area contributed by atoms with Crippen LogP contribution in [0.5, 0.6) is 0 Å². The molecule has 2 aromatic heterocycles. The number of H-pyrrole nitrogens is 1. The molecule has 2 N–H and O–H groups in total. The molecule has 6 heteroatoms. The van der Waals surface area contributed by atoms with Crippen LogP contribution < -0.4 is 0 Å².